The summed E-state index contributed by atoms with van der Waals surface area (Å²) in [6, 6.07) is 6.15. The summed E-state index contributed by atoms with van der Waals surface area (Å²) in [5.74, 6) is 1.13. The topological polar surface area (TPSA) is 29.3 Å². The van der Waals surface area contributed by atoms with Crippen LogP contribution in [0.2, 0.25) is 0 Å². The molecular weight excluding hydrogens is 186 g/mol. The summed E-state index contributed by atoms with van der Waals surface area (Å²) in [6.45, 7) is 5.24. The van der Waals surface area contributed by atoms with E-state index in [1.165, 1.54) is 12.8 Å². The van der Waals surface area contributed by atoms with Crippen molar-refractivity contribution in [2.75, 3.05) is 11.9 Å². The second-order valence-electron chi connectivity index (χ2n) is 3.80. The van der Waals surface area contributed by atoms with Gasteiger partial charge in [-0.25, -0.2) is 4.98 Å². The zero-order valence-electron chi connectivity index (χ0n) is 9.33. The van der Waals surface area contributed by atoms with Crippen LogP contribution in [0.5, 0.6) is 0 Å². The van der Waals surface area contributed by atoms with E-state index in [2.05, 4.69) is 33.9 Å². The van der Waals surface area contributed by atoms with Crippen LogP contribution < -0.4 is 5.32 Å². The fourth-order valence-corrected chi connectivity index (χ4v) is 1.67. The number of nitrogens with zero attached hydrogens (tertiary/aromatic N) is 2. The first-order valence-corrected chi connectivity index (χ1v) is 5.50. The second kappa shape index (κ2) is 4.34. The van der Waals surface area contributed by atoms with Crippen LogP contribution in [0.25, 0.3) is 5.65 Å². The minimum atomic E-state index is 1.01. The summed E-state index contributed by atoms with van der Waals surface area (Å²) < 4.78 is 2.10. The summed E-state index contributed by atoms with van der Waals surface area (Å²) in [5.41, 5.74) is 2.06. The van der Waals surface area contributed by atoms with Crippen LogP contribution in [0.1, 0.15) is 25.5 Å². The van der Waals surface area contributed by atoms with Gasteiger partial charge in [0.05, 0.1) is 5.69 Å². The van der Waals surface area contributed by atoms with E-state index in [-0.39, 0.29) is 0 Å². The van der Waals surface area contributed by atoms with Gasteiger partial charge in [0.15, 0.2) is 0 Å². The number of aromatic nitrogens is 2. The third-order valence-corrected chi connectivity index (χ3v) is 2.45. The molecular formula is C12H17N3. The van der Waals surface area contributed by atoms with Gasteiger partial charge in [-0.1, -0.05) is 19.4 Å². The average molecular weight is 203 g/mol. The number of unbranched alkanes of at least 4 members (excludes halogenated alkanes) is 1. The average Bonchev–Trinajstić information content (AvgIpc) is 2.59. The summed E-state index contributed by atoms with van der Waals surface area (Å²) in [5, 5.41) is 3.42. The molecule has 3 heteroatoms. The molecule has 0 aliphatic rings. The van der Waals surface area contributed by atoms with E-state index >= 15 is 0 Å². The molecule has 2 heterocycles. The van der Waals surface area contributed by atoms with Crippen molar-refractivity contribution in [2.45, 2.75) is 26.7 Å². The molecule has 0 aromatic carbocycles. The van der Waals surface area contributed by atoms with Crippen molar-refractivity contribution in [2.24, 2.45) is 0 Å². The van der Waals surface area contributed by atoms with E-state index in [9.17, 15) is 0 Å². The van der Waals surface area contributed by atoms with Crippen molar-refractivity contribution < 1.29 is 0 Å². The minimum Gasteiger partial charge on any atom is -0.371 e. The third kappa shape index (κ3) is 2.12. The van der Waals surface area contributed by atoms with Gasteiger partial charge in [0.1, 0.15) is 11.5 Å². The van der Waals surface area contributed by atoms with E-state index in [1.54, 1.807) is 0 Å². The molecule has 0 aliphatic heterocycles. The van der Waals surface area contributed by atoms with Crippen molar-refractivity contribution in [3.8, 4) is 0 Å². The zero-order chi connectivity index (χ0) is 10.7. The largest absolute Gasteiger partial charge is 0.371 e. The lowest BCUT2D eigenvalue weighted by molar-refractivity contribution is 0.829. The standard InChI is InChI=1S/C12H17N3/c1-3-4-8-13-11-6-5-7-12-14-10(2)9-15(11)12/h5-7,9,13H,3-4,8H2,1-2H3. The highest BCUT2D eigenvalue weighted by Gasteiger charge is 2.01. The van der Waals surface area contributed by atoms with Gasteiger partial charge in [0.2, 0.25) is 0 Å². The molecule has 2 rings (SSSR count). The molecule has 3 nitrogen and oxygen atoms in total. The minimum absolute atomic E-state index is 1.01. The lowest BCUT2D eigenvalue weighted by Gasteiger charge is -2.07. The molecule has 0 bridgehead atoms. The van der Waals surface area contributed by atoms with Gasteiger partial charge in [-0.3, -0.25) is 4.40 Å². The number of imidazole rings is 1. The van der Waals surface area contributed by atoms with Crippen LogP contribution in [0.4, 0.5) is 5.82 Å². The van der Waals surface area contributed by atoms with Crippen molar-refractivity contribution in [1.29, 1.82) is 0 Å². The van der Waals surface area contributed by atoms with Crippen molar-refractivity contribution in [3.63, 3.8) is 0 Å². The highest BCUT2D eigenvalue weighted by Crippen LogP contribution is 2.12. The summed E-state index contributed by atoms with van der Waals surface area (Å²) in [6.07, 6.45) is 4.47. The number of aryl methyl sites for hydroxylation is 1. The monoisotopic (exact) mass is 203 g/mol. The van der Waals surface area contributed by atoms with Gasteiger partial charge in [0.25, 0.3) is 0 Å². The molecule has 0 saturated carbocycles. The Balaban J connectivity index is 2.25. The van der Waals surface area contributed by atoms with E-state index in [4.69, 9.17) is 0 Å². The number of nitrogens with one attached hydrogen (secondary N) is 1. The van der Waals surface area contributed by atoms with Gasteiger partial charge >= 0.3 is 0 Å². The van der Waals surface area contributed by atoms with Gasteiger partial charge in [-0.05, 0) is 25.5 Å². The van der Waals surface area contributed by atoms with Crippen LogP contribution in [0.3, 0.4) is 0 Å². The van der Waals surface area contributed by atoms with Crippen molar-refractivity contribution >= 4 is 11.5 Å². The Kier molecular flexibility index (Phi) is 2.90. The van der Waals surface area contributed by atoms with Gasteiger partial charge < -0.3 is 5.32 Å². The molecule has 0 aliphatic carbocycles. The van der Waals surface area contributed by atoms with Crippen LogP contribution in [0, 0.1) is 6.92 Å². The fourth-order valence-electron chi connectivity index (χ4n) is 1.67. The van der Waals surface area contributed by atoms with Gasteiger partial charge in [0, 0.05) is 12.7 Å². The lowest BCUT2D eigenvalue weighted by atomic mass is 10.3. The Bertz CT molecular complexity index is 445. The highest BCUT2D eigenvalue weighted by molar-refractivity contribution is 5.50. The molecule has 15 heavy (non-hydrogen) atoms. The van der Waals surface area contributed by atoms with Crippen molar-refractivity contribution in [3.05, 3.63) is 30.1 Å². The highest BCUT2D eigenvalue weighted by atomic mass is 15.1. The number of fused-ring (bicyclic) bond motifs is 1. The van der Waals surface area contributed by atoms with Crippen LogP contribution in [-0.2, 0) is 0 Å². The van der Waals surface area contributed by atoms with Gasteiger partial charge in [-0.2, -0.15) is 0 Å². The third-order valence-electron chi connectivity index (χ3n) is 2.45. The summed E-state index contributed by atoms with van der Waals surface area (Å²) in [4.78, 5) is 4.43. The van der Waals surface area contributed by atoms with E-state index in [1.807, 2.05) is 19.1 Å². The Morgan fingerprint density at radius 3 is 3.07 bits per heavy atom. The maximum atomic E-state index is 4.43. The quantitative estimate of drug-likeness (QED) is 0.774. The van der Waals surface area contributed by atoms with Crippen molar-refractivity contribution in [1.82, 2.24) is 9.38 Å². The summed E-state index contributed by atoms with van der Waals surface area (Å²) in [7, 11) is 0. The Morgan fingerprint density at radius 1 is 1.40 bits per heavy atom. The smallest absolute Gasteiger partial charge is 0.138 e. The molecule has 0 radical (unpaired) electrons. The normalized spacial score (nSPS) is 10.8. The first kappa shape index (κ1) is 10.0. The fraction of sp³-hybridized carbons (Fsp3) is 0.417. The molecule has 0 atom stereocenters. The summed E-state index contributed by atoms with van der Waals surface area (Å²) >= 11 is 0. The van der Waals surface area contributed by atoms with E-state index in [0.717, 1.165) is 23.7 Å². The second-order valence-corrected chi connectivity index (χ2v) is 3.80. The maximum absolute atomic E-state index is 4.43. The molecule has 0 saturated heterocycles. The zero-order valence-corrected chi connectivity index (χ0v) is 9.33. The predicted octanol–water partition coefficient (Wildman–Crippen LogP) is 2.85. The van der Waals surface area contributed by atoms with E-state index in [0.29, 0.717) is 0 Å². The van der Waals surface area contributed by atoms with Gasteiger partial charge in [-0.15, -0.1) is 0 Å². The SMILES string of the molecule is CCCCNc1cccc2nc(C)cn12. The Hall–Kier alpha value is -1.51. The Morgan fingerprint density at radius 2 is 2.27 bits per heavy atom. The van der Waals surface area contributed by atoms with E-state index < -0.39 is 0 Å². The van der Waals surface area contributed by atoms with Crippen LogP contribution in [-0.4, -0.2) is 15.9 Å². The Labute approximate surface area is 90.1 Å². The molecule has 2 aromatic heterocycles. The first-order chi connectivity index (χ1) is 7.31. The number of rotatable bonds is 4. The molecule has 80 valence electrons. The number of hydrogen-bond donors (Lipinski definition) is 1. The lowest BCUT2D eigenvalue weighted by Crippen LogP contribution is -2.04. The number of hydrogen-bond acceptors (Lipinski definition) is 2. The number of pyridine rings is 1. The van der Waals surface area contributed by atoms with Crippen LogP contribution >= 0.6 is 0 Å². The molecule has 1 N–H and O–H groups in total. The molecule has 0 fully saturated rings. The maximum Gasteiger partial charge on any atom is 0.138 e. The van der Waals surface area contributed by atoms with Crippen LogP contribution in [0.15, 0.2) is 24.4 Å². The molecule has 0 amide bonds. The molecule has 2 aromatic rings. The first-order valence-electron chi connectivity index (χ1n) is 5.50. The number of anilines is 1. The predicted molar refractivity (Wildman–Crippen MR) is 63.3 cm³/mol. The molecule has 0 spiro atoms. The molecule has 0 unspecified atom stereocenters.